The molecule has 1 fully saturated rings. The Bertz CT molecular complexity index is 387. The molecular weight excluding hydrogens is 229 g/mol. The minimum absolute atomic E-state index is 0.111. The van der Waals surface area contributed by atoms with Gasteiger partial charge in [-0.05, 0) is 37.0 Å². The molecule has 0 saturated heterocycles. The topological polar surface area (TPSA) is 52.3 Å². The van der Waals surface area contributed by atoms with Gasteiger partial charge >= 0.3 is 0 Å². The van der Waals surface area contributed by atoms with E-state index in [-0.39, 0.29) is 11.6 Å². The first kappa shape index (κ1) is 11.5. The molecular formula is C11H14FNO2S. The van der Waals surface area contributed by atoms with E-state index in [2.05, 4.69) is 0 Å². The van der Waals surface area contributed by atoms with Gasteiger partial charge in [0.05, 0.1) is 17.4 Å². The molecule has 3 nitrogen and oxygen atoms in total. The Morgan fingerprint density at radius 1 is 1.44 bits per heavy atom. The van der Waals surface area contributed by atoms with Gasteiger partial charge in [0.15, 0.2) is 0 Å². The first-order chi connectivity index (χ1) is 7.65. The van der Waals surface area contributed by atoms with Crippen molar-refractivity contribution in [2.24, 2.45) is 5.92 Å². The summed E-state index contributed by atoms with van der Waals surface area (Å²) in [5.41, 5.74) is 5.75. The van der Waals surface area contributed by atoms with Crippen LogP contribution in [0.3, 0.4) is 0 Å². The van der Waals surface area contributed by atoms with Crippen LogP contribution in [-0.4, -0.2) is 16.8 Å². The normalized spacial score (nSPS) is 17.3. The molecule has 1 saturated carbocycles. The molecule has 0 radical (unpaired) electrons. The smallest absolute Gasteiger partial charge is 0.126 e. The van der Waals surface area contributed by atoms with Gasteiger partial charge in [0.2, 0.25) is 0 Å². The highest BCUT2D eigenvalue weighted by Crippen LogP contribution is 2.28. The maximum Gasteiger partial charge on any atom is 0.126 e. The molecule has 5 heteroatoms. The zero-order valence-corrected chi connectivity index (χ0v) is 9.63. The molecule has 1 aliphatic rings. The Labute approximate surface area is 96.2 Å². The molecule has 0 amide bonds. The lowest BCUT2D eigenvalue weighted by molar-refractivity contribution is 0.168. The molecule has 1 atom stereocenters. The lowest BCUT2D eigenvalue weighted by Gasteiger charge is -2.04. The molecule has 0 aromatic heterocycles. The van der Waals surface area contributed by atoms with Crippen molar-refractivity contribution in [3.05, 3.63) is 24.0 Å². The van der Waals surface area contributed by atoms with Gasteiger partial charge in [0, 0.05) is 10.6 Å². The number of rotatable bonds is 5. The number of ether oxygens (including phenoxy) is 1. The summed E-state index contributed by atoms with van der Waals surface area (Å²) in [6.45, 7) is 0.649. The third-order valence-electron chi connectivity index (χ3n) is 2.40. The van der Waals surface area contributed by atoms with Gasteiger partial charge in [0.1, 0.15) is 11.8 Å². The molecule has 1 aliphatic carbocycles. The van der Waals surface area contributed by atoms with E-state index < -0.39 is 16.6 Å². The van der Waals surface area contributed by atoms with Crippen LogP contribution in [0.4, 0.5) is 10.1 Å². The van der Waals surface area contributed by atoms with Crippen LogP contribution in [0.15, 0.2) is 23.1 Å². The van der Waals surface area contributed by atoms with Crippen molar-refractivity contribution in [3.8, 4) is 0 Å². The molecule has 88 valence electrons. The van der Waals surface area contributed by atoms with Crippen LogP contribution in [-0.2, 0) is 15.5 Å². The predicted octanol–water partition coefficient (Wildman–Crippen LogP) is 1.90. The second kappa shape index (κ2) is 4.93. The highest BCUT2D eigenvalue weighted by Gasteiger charge is 2.21. The summed E-state index contributed by atoms with van der Waals surface area (Å²) >= 11 is 0. The summed E-state index contributed by atoms with van der Waals surface area (Å²) in [6.07, 6.45) is 2.39. The van der Waals surface area contributed by atoms with Gasteiger partial charge < -0.3 is 10.5 Å². The van der Waals surface area contributed by atoms with Crippen LogP contribution < -0.4 is 5.73 Å². The molecule has 0 bridgehead atoms. The number of hydrogen-bond donors (Lipinski definition) is 1. The predicted molar refractivity (Wildman–Crippen MR) is 60.8 cm³/mol. The van der Waals surface area contributed by atoms with E-state index in [4.69, 9.17) is 10.5 Å². The van der Waals surface area contributed by atoms with Crippen molar-refractivity contribution in [3.63, 3.8) is 0 Å². The van der Waals surface area contributed by atoms with Gasteiger partial charge in [0.25, 0.3) is 0 Å². The monoisotopic (exact) mass is 243 g/mol. The fourth-order valence-electron chi connectivity index (χ4n) is 1.36. The van der Waals surface area contributed by atoms with E-state index in [1.165, 1.54) is 31.0 Å². The summed E-state index contributed by atoms with van der Waals surface area (Å²) in [5, 5.41) is 0. The molecule has 1 unspecified atom stereocenters. The van der Waals surface area contributed by atoms with E-state index in [0.29, 0.717) is 17.4 Å². The van der Waals surface area contributed by atoms with E-state index in [0.717, 1.165) is 0 Å². The third kappa shape index (κ3) is 3.28. The highest BCUT2D eigenvalue weighted by molar-refractivity contribution is 7.84. The number of halogens is 1. The second-order valence-electron chi connectivity index (χ2n) is 4.00. The maximum absolute atomic E-state index is 13.0. The molecule has 0 aliphatic heterocycles. The first-order valence-electron chi connectivity index (χ1n) is 5.17. The molecule has 2 N–H and O–H groups in total. The van der Waals surface area contributed by atoms with Crippen LogP contribution in [0.2, 0.25) is 0 Å². The number of benzene rings is 1. The van der Waals surface area contributed by atoms with Crippen molar-refractivity contribution >= 4 is 16.5 Å². The Morgan fingerprint density at radius 2 is 2.19 bits per heavy atom. The van der Waals surface area contributed by atoms with Crippen LogP contribution in [0.1, 0.15) is 12.8 Å². The second-order valence-corrected chi connectivity index (χ2v) is 5.40. The van der Waals surface area contributed by atoms with Gasteiger partial charge in [-0.3, -0.25) is 4.21 Å². The van der Waals surface area contributed by atoms with E-state index >= 15 is 0 Å². The zero-order chi connectivity index (χ0) is 11.5. The maximum atomic E-state index is 13.0. The molecule has 1 aromatic carbocycles. The van der Waals surface area contributed by atoms with Crippen molar-refractivity contribution in [1.29, 1.82) is 0 Å². The van der Waals surface area contributed by atoms with Crippen LogP contribution >= 0.6 is 0 Å². The van der Waals surface area contributed by atoms with Crippen LogP contribution in [0.5, 0.6) is 0 Å². The fraction of sp³-hybridized carbons (Fsp3) is 0.455. The van der Waals surface area contributed by atoms with Gasteiger partial charge in [-0.2, -0.15) is 0 Å². The average molecular weight is 243 g/mol. The van der Waals surface area contributed by atoms with Crippen molar-refractivity contribution in [2.75, 3.05) is 18.3 Å². The lowest BCUT2D eigenvalue weighted by atomic mass is 10.3. The van der Waals surface area contributed by atoms with Crippen molar-refractivity contribution in [2.45, 2.75) is 17.7 Å². The van der Waals surface area contributed by atoms with E-state index in [9.17, 15) is 8.60 Å². The van der Waals surface area contributed by atoms with Crippen molar-refractivity contribution < 1.29 is 13.3 Å². The SMILES string of the molecule is Nc1cc(F)cc(S(=O)COCC2CC2)c1. The summed E-state index contributed by atoms with van der Waals surface area (Å²) in [7, 11) is -1.33. The minimum Gasteiger partial charge on any atom is -0.399 e. The summed E-state index contributed by atoms with van der Waals surface area (Å²) in [4.78, 5) is 0.383. The lowest BCUT2D eigenvalue weighted by Crippen LogP contribution is -2.06. The first-order valence-corrected chi connectivity index (χ1v) is 6.49. The van der Waals surface area contributed by atoms with Gasteiger partial charge in [-0.1, -0.05) is 0 Å². The van der Waals surface area contributed by atoms with Gasteiger partial charge in [-0.15, -0.1) is 0 Å². The van der Waals surface area contributed by atoms with E-state index in [1.807, 2.05) is 0 Å². The standard InChI is InChI=1S/C11H14FNO2S/c12-9-3-10(13)5-11(4-9)16(14)7-15-6-8-1-2-8/h3-5,8H,1-2,6-7,13H2. The number of nitrogen functional groups attached to an aromatic ring is 1. The summed E-state index contributed by atoms with van der Waals surface area (Å²) in [6, 6.07) is 3.94. The molecule has 0 spiro atoms. The molecule has 1 aromatic rings. The zero-order valence-electron chi connectivity index (χ0n) is 8.82. The van der Waals surface area contributed by atoms with Crippen molar-refractivity contribution in [1.82, 2.24) is 0 Å². The number of hydrogen-bond acceptors (Lipinski definition) is 3. The largest absolute Gasteiger partial charge is 0.399 e. The van der Waals surface area contributed by atoms with Gasteiger partial charge in [-0.25, -0.2) is 4.39 Å². The number of anilines is 1. The fourth-order valence-corrected chi connectivity index (χ4v) is 2.25. The Balaban J connectivity index is 1.91. The Hall–Kier alpha value is -0.940. The van der Waals surface area contributed by atoms with E-state index in [1.54, 1.807) is 0 Å². The van der Waals surface area contributed by atoms with Crippen LogP contribution in [0, 0.1) is 11.7 Å². The summed E-state index contributed by atoms with van der Waals surface area (Å²) < 4.78 is 30.0. The molecule has 2 rings (SSSR count). The molecule has 16 heavy (non-hydrogen) atoms. The summed E-state index contributed by atoms with van der Waals surface area (Å²) in [5.74, 6) is 0.277. The Kier molecular flexibility index (Phi) is 3.56. The number of nitrogens with two attached hydrogens (primary N) is 1. The molecule has 0 heterocycles. The van der Waals surface area contributed by atoms with Crippen LogP contribution in [0.25, 0.3) is 0 Å². The third-order valence-corrected chi connectivity index (χ3v) is 3.54. The Morgan fingerprint density at radius 3 is 2.81 bits per heavy atom. The average Bonchev–Trinajstić information content (AvgIpc) is 3.00. The quantitative estimate of drug-likeness (QED) is 0.804. The highest BCUT2D eigenvalue weighted by atomic mass is 32.2. The minimum atomic E-state index is -1.33.